The van der Waals surface area contributed by atoms with Crippen LogP contribution in [0.15, 0.2) is 109 Å². The molecule has 1 atom stereocenters. The van der Waals surface area contributed by atoms with Crippen molar-refractivity contribution in [1.29, 1.82) is 0 Å². The number of aliphatic hydroxyl groups excluding tert-OH is 1. The fourth-order valence-electron chi connectivity index (χ4n) is 6.43. The molecule has 0 aliphatic carbocycles. The summed E-state index contributed by atoms with van der Waals surface area (Å²) in [4.78, 5) is 13.0. The van der Waals surface area contributed by atoms with Gasteiger partial charge in [-0.2, -0.15) is 0 Å². The Bertz CT molecular complexity index is 1520. The standard InChI is InChI=1S/C39H50N4O4Si/c1-39(2,3)48(36-10-6-4-7-11-36,37-12-8-5-9-13-37)47-35-20-18-34(19-21-35)46-29-33(44)28-41-25-22-30-14-16-31(17-15-30)42-32-23-26-43(27-24-32)38(40)45/h4-21,32-33,41-42,44H,22-29H2,1-3H3,(H2,40,45). The van der Waals surface area contributed by atoms with Gasteiger partial charge in [-0.15, -0.1) is 0 Å². The van der Waals surface area contributed by atoms with E-state index >= 15 is 0 Å². The molecule has 48 heavy (non-hydrogen) atoms. The summed E-state index contributed by atoms with van der Waals surface area (Å²) < 4.78 is 13.0. The Morgan fingerprint density at radius 3 is 1.98 bits per heavy atom. The number of hydrogen-bond acceptors (Lipinski definition) is 6. The van der Waals surface area contributed by atoms with Crippen LogP contribution in [0.1, 0.15) is 39.2 Å². The number of likely N-dealkylation sites (tertiary alicyclic amines) is 1. The average molecular weight is 667 g/mol. The largest absolute Gasteiger partial charge is 0.534 e. The number of nitrogens with two attached hydrogens (primary N) is 1. The molecule has 0 aromatic heterocycles. The molecule has 9 heteroatoms. The second-order valence-electron chi connectivity index (χ2n) is 13.6. The lowest BCUT2D eigenvalue weighted by Gasteiger charge is -2.43. The van der Waals surface area contributed by atoms with Gasteiger partial charge in [-0.1, -0.05) is 93.6 Å². The first kappa shape index (κ1) is 35.0. The van der Waals surface area contributed by atoms with E-state index in [2.05, 4.69) is 104 Å². The Kier molecular flexibility index (Phi) is 11.8. The van der Waals surface area contributed by atoms with Gasteiger partial charge in [0.25, 0.3) is 0 Å². The van der Waals surface area contributed by atoms with Crippen LogP contribution >= 0.6 is 0 Å². The predicted molar refractivity (Wildman–Crippen MR) is 197 cm³/mol. The second kappa shape index (κ2) is 16.2. The Labute approximate surface area is 286 Å². The number of amides is 2. The number of rotatable bonds is 14. The quantitative estimate of drug-likeness (QED) is 0.110. The number of carbonyl (C=O) groups is 1. The fraction of sp³-hybridized carbons (Fsp3) is 0.359. The molecule has 0 saturated carbocycles. The number of urea groups is 1. The lowest BCUT2D eigenvalue weighted by atomic mass is 10.0. The van der Waals surface area contributed by atoms with E-state index in [-0.39, 0.29) is 17.7 Å². The minimum atomic E-state index is -2.71. The normalized spacial score (nSPS) is 14.7. The predicted octanol–water partition coefficient (Wildman–Crippen LogP) is 5.15. The molecule has 5 rings (SSSR count). The summed E-state index contributed by atoms with van der Waals surface area (Å²) in [7, 11) is -2.71. The molecule has 1 heterocycles. The van der Waals surface area contributed by atoms with Crippen LogP contribution in [0.25, 0.3) is 0 Å². The number of nitrogens with one attached hydrogen (secondary N) is 2. The van der Waals surface area contributed by atoms with Gasteiger partial charge in [0.2, 0.25) is 0 Å². The number of primary amides is 1. The molecular weight excluding hydrogens is 617 g/mol. The van der Waals surface area contributed by atoms with E-state index < -0.39 is 14.4 Å². The molecule has 0 radical (unpaired) electrons. The van der Waals surface area contributed by atoms with E-state index in [1.807, 2.05) is 36.4 Å². The van der Waals surface area contributed by atoms with Gasteiger partial charge in [0.15, 0.2) is 0 Å². The molecule has 254 valence electrons. The SMILES string of the molecule is CC(C)(C)[Si](Oc1ccc(OCC(O)CNCCc2ccc(NC3CCN(C(N)=O)CC3)cc2)cc1)(c1ccccc1)c1ccccc1. The number of anilines is 1. The molecule has 4 aromatic rings. The molecule has 8 nitrogen and oxygen atoms in total. The van der Waals surface area contributed by atoms with Crippen molar-refractivity contribution in [3.8, 4) is 11.5 Å². The van der Waals surface area contributed by atoms with E-state index in [0.29, 0.717) is 31.4 Å². The zero-order chi connectivity index (χ0) is 34.0. The van der Waals surface area contributed by atoms with Crippen molar-refractivity contribution < 1.29 is 19.1 Å². The van der Waals surface area contributed by atoms with E-state index in [1.54, 1.807) is 4.90 Å². The summed E-state index contributed by atoms with van der Waals surface area (Å²) in [6.45, 7) is 9.57. The third kappa shape index (κ3) is 8.98. The van der Waals surface area contributed by atoms with Gasteiger partial charge in [-0.3, -0.25) is 0 Å². The third-order valence-electron chi connectivity index (χ3n) is 9.06. The molecule has 1 aliphatic heterocycles. The van der Waals surface area contributed by atoms with Crippen LogP contribution in [0.5, 0.6) is 11.5 Å². The van der Waals surface area contributed by atoms with E-state index in [4.69, 9.17) is 14.9 Å². The van der Waals surface area contributed by atoms with Gasteiger partial charge in [0.05, 0.1) is 0 Å². The highest BCUT2D eigenvalue weighted by Crippen LogP contribution is 2.37. The minimum Gasteiger partial charge on any atom is -0.534 e. The number of nitrogens with zero attached hydrogens (tertiary/aromatic N) is 1. The molecule has 0 bridgehead atoms. The molecular formula is C39H50N4O4Si. The van der Waals surface area contributed by atoms with Gasteiger partial charge in [-0.25, -0.2) is 4.79 Å². The molecule has 0 spiro atoms. The van der Waals surface area contributed by atoms with Crippen LogP contribution in [0, 0.1) is 0 Å². The molecule has 2 amide bonds. The maximum atomic E-state index is 11.3. The summed E-state index contributed by atoms with van der Waals surface area (Å²) in [5, 5.41) is 19.8. The summed E-state index contributed by atoms with van der Waals surface area (Å²) in [5.74, 6) is 1.49. The monoisotopic (exact) mass is 666 g/mol. The maximum absolute atomic E-state index is 11.3. The molecule has 1 fully saturated rings. The van der Waals surface area contributed by atoms with E-state index in [0.717, 1.165) is 37.2 Å². The summed E-state index contributed by atoms with van der Waals surface area (Å²) >= 11 is 0. The maximum Gasteiger partial charge on any atom is 0.319 e. The third-order valence-corrected chi connectivity index (χ3v) is 14.0. The van der Waals surface area contributed by atoms with Crippen LogP contribution in [0.4, 0.5) is 10.5 Å². The lowest BCUT2D eigenvalue weighted by Crippen LogP contribution is -2.68. The zero-order valence-electron chi connectivity index (χ0n) is 28.4. The van der Waals surface area contributed by atoms with Crippen molar-refractivity contribution in [1.82, 2.24) is 10.2 Å². The Hall–Kier alpha value is -4.31. The summed E-state index contributed by atoms with van der Waals surface area (Å²) in [6, 6.07) is 37.4. The minimum absolute atomic E-state index is 0.129. The summed E-state index contributed by atoms with van der Waals surface area (Å²) in [5.41, 5.74) is 7.69. The van der Waals surface area contributed by atoms with Crippen LogP contribution in [0.3, 0.4) is 0 Å². The summed E-state index contributed by atoms with van der Waals surface area (Å²) in [6.07, 6.45) is 2.01. The Morgan fingerprint density at radius 2 is 1.44 bits per heavy atom. The highest BCUT2D eigenvalue weighted by atomic mass is 28.4. The van der Waals surface area contributed by atoms with Crippen molar-refractivity contribution in [2.24, 2.45) is 5.73 Å². The van der Waals surface area contributed by atoms with Crippen molar-refractivity contribution in [2.45, 2.75) is 57.2 Å². The number of hydrogen-bond donors (Lipinski definition) is 4. The first-order chi connectivity index (χ1) is 23.1. The molecule has 1 unspecified atom stereocenters. The second-order valence-corrected chi connectivity index (χ2v) is 17.8. The molecule has 5 N–H and O–H groups in total. The first-order valence-electron chi connectivity index (χ1n) is 17.0. The van der Waals surface area contributed by atoms with Crippen molar-refractivity contribution >= 4 is 30.4 Å². The molecule has 1 saturated heterocycles. The van der Waals surface area contributed by atoms with Crippen LogP contribution < -0.4 is 35.9 Å². The number of ether oxygens (including phenoxy) is 1. The van der Waals surface area contributed by atoms with E-state index in [9.17, 15) is 9.90 Å². The Morgan fingerprint density at radius 1 is 0.875 bits per heavy atom. The van der Waals surface area contributed by atoms with E-state index in [1.165, 1.54) is 15.9 Å². The van der Waals surface area contributed by atoms with Gasteiger partial charge in [-0.05, 0) is 83.2 Å². The molecule has 4 aromatic carbocycles. The Balaban J connectivity index is 1.07. The molecule has 1 aliphatic rings. The fourth-order valence-corrected chi connectivity index (χ4v) is 10.9. The lowest BCUT2D eigenvalue weighted by molar-refractivity contribution is 0.106. The van der Waals surface area contributed by atoms with Crippen molar-refractivity contribution in [3.05, 3.63) is 115 Å². The number of piperidine rings is 1. The van der Waals surface area contributed by atoms with Crippen LogP contribution in [-0.4, -0.2) is 69.3 Å². The smallest absolute Gasteiger partial charge is 0.319 e. The van der Waals surface area contributed by atoms with Gasteiger partial charge < -0.3 is 35.5 Å². The zero-order valence-corrected chi connectivity index (χ0v) is 29.4. The van der Waals surface area contributed by atoms with Gasteiger partial charge in [0.1, 0.15) is 24.2 Å². The average Bonchev–Trinajstić information content (AvgIpc) is 3.10. The highest BCUT2D eigenvalue weighted by molar-refractivity contribution is 7.00. The van der Waals surface area contributed by atoms with Crippen molar-refractivity contribution in [3.63, 3.8) is 0 Å². The number of benzene rings is 4. The van der Waals surface area contributed by atoms with Crippen LogP contribution in [-0.2, 0) is 6.42 Å². The highest BCUT2D eigenvalue weighted by Gasteiger charge is 2.52. The van der Waals surface area contributed by atoms with Gasteiger partial charge in [0, 0.05) is 31.4 Å². The topological polar surface area (TPSA) is 109 Å². The number of aliphatic hydroxyl groups is 1. The first-order valence-corrected chi connectivity index (χ1v) is 18.9. The van der Waals surface area contributed by atoms with Gasteiger partial charge >= 0.3 is 14.3 Å². The number of carbonyl (C=O) groups excluding carboxylic acids is 1. The van der Waals surface area contributed by atoms with Crippen LogP contribution in [0.2, 0.25) is 5.04 Å². The van der Waals surface area contributed by atoms with Crippen molar-refractivity contribution in [2.75, 3.05) is 38.1 Å².